The predicted octanol–water partition coefficient (Wildman–Crippen LogP) is 1.37. The van der Waals surface area contributed by atoms with Crippen LogP contribution in [0.4, 0.5) is 0 Å². The zero-order chi connectivity index (χ0) is 21.3. The number of nitrogens with one attached hydrogen (secondary N) is 1. The molecule has 1 N–H and O–H groups in total. The van der Waals surface area contributed by atoms with Gasteiger partial charge in [0.25, 0.3) is 5.91 Å². The molecule has 6 nitrogen and oxygen atoms in total. The van der Waals surface area contributed by atoms with Crippen LogP contribution < -0.4 is 4.90 Å². The van der Waals surface area contributed by atoms with Gasteiger partial charge in [0.05, 0.1) is 31.1 Å². The average Bonchev–Trinajstić information content (AvgIpc) is 2.67. The summed E-state index contributed by atoms with van der Waals surface area (Å²) in [4.78, 5) is 16.8. The summed E-state index contributed by atoms with van der Waals surface area (Å²) in [7, 11) is -3.49. The highest BCUT2D eigenvalue weighted by Gasteiger charge is 2.39. The molecule has 1 amide bonds. The molecule has 1 aromatic rings. The van der Waals surface area contributed by atoms with Gasteiger partial charge in [0.15, 0.2) is 6.04 Å². The molecule has 0 saturated carbocycles. The number of piperidine rings is 1. The minimum absolute atomic E-state index is 0.135. The second-order valence-electron chi connectivity index (χ2n) is 8.93. The number of amides is 1. The number of carbonyl (C=O) groups excluding carboxylic acids is 1. The molecule has 2 aliphatic rings. The molecular formula is C22H36N3O3S+. The molecular weight excluding hydrogens is 386 g/mol. The lowest BCUT2D eigenvalue weighted by molar-refractivity contribution is -0.918. The highest BCUT2D eigenvalue weighted by atomic mass is 32.2. The second kappa shape index (κ2) is 8.74. The number of hydrogen-bond acceptors (Lipinski definition) is 3. The van der Waals surface area contributed by atoms with Crippen molar-refractivity contribution in [1.82, 2.24) is 9.21 Å². The van der Waals surface area contributed by atoms with E-state index in [1.165, 1.54) is 11.3 Å². The molecule has 3 rings (SSSR count). The molecule has 162 valence electrons. The van der Waals surface area contributed by atoms with E-state index >= 15 is 0 Å². The number of sulfonamides is 1. The zero-order valence-electron chi connectivity index (χ0n) is 18.4. The molecule has 0 unspecified atom stereocenters. The number of rotatable bonds is 4. The minimum Gasteiger partial charge on any atom is -0.332 e. The van der Waals surface area contributed by atoms with Crippen LogP contribution in [0.25, 0.3) is 0 Å². The summed E-state index contributed by atoms with van der Waals surface area (Å²) in [5, 5.41) is 0. The Balaban J connectivity index is 1.66. The lowest BCUT2D eigenvalue weighted by atomic mass is 9.96. The Morgan fingerprint density at radius 2 is 1.69 bits per heavy atom. The summed E-state index contributed by atoms with van der Waals surface area (Å²) in [5.41, 5.74) is 1.85. The molecule has 2 saturated heterocycles. The number of likely N-dealkylation sites (tertiary alicyclic amines) is 1. The van der Waals surface area contributed by atoms with Crippen LogP contribution in [0.1, 0.15) is 51.2 Å². The van der Waals surface area contributed by atoms with Gasteiger partial charge in [-0.2, -0.15) is 4.31 Å². The molecule has 3 atom stereocenters. The van der Waals surface area contributed by atoms with Crippen molar-refractivity contribution in [2.45, 2.75) is 76.9 Å². The monoisotopic (exact) mass is 422 g/mol. The predicted molar refractivity (Wildman–Crippen MR) is 114 cm³/mol. The summed E-state index contributed by atoms with van der Waals surface area (Å²) in [6, 6.07) is 5.92. The first-order valence-corrected chi connectivity index (χ1v) is 12.3. The number of carbonyl (C=O) groups is 1. The molecule has 0 aliphatic carbocycles. The fraction of sp³-hybridized carbons (Fsp3) is 0.682. The Kier molecular flexibility index (Phi) is 6.70. The van der Waals surface area contributed by atoms with Gasteiger partial charge in [0.1, 0.15) is 0 Å². The van der Waals surface area contributed by atoms with Gasteiger partial charge in [0, 0.05) is 12.1 Å². The van der Waals surface area contributed by atoms with Gasteiger partial charge in [-0.1, -0.05) is 17.7 Å². The van der Waals surface area contributed by atoms with Crippen LogP contribution in [0.2, 0.25) is 0 Å². The number of piperazine rings is 1. The third-order valence-corrected chi connectivity index (χ3v) is 8.80. The van der Waals surface area contributed by atoms with Crippen LogP contribution in [-0.2, 0) is 14.8 Å². The van der Waals surface area contributed by atoms with Crippen molar-refractivity contribution in [2.75, 3.05) is 26.2 Å². The molecule has 0 spiro atoms. The number of benzene rings is 1. The van der Waals surface area contributed by atoms with Crippen LogP contribution in [0.3, 0.4) is 0 Å². The molecule has 7 heteroatoms. The van der Waals surface area contributed by atoms with Gasteiger partial charge in [0.2, 0.25) is 10.0 Å². The third kappa shape index (κ3) is 4.52. The van der Waals surface area contributed by atoms with Gasteiger partial charge < -0.3 is 9.80 Å². The van der Waals surface area contributed by atoms with Crippen molar-refractivity contribution >= 4 is 15.9 Å². The third-order valence-electron chi connectivity index (χ3n) is 6.74. The second-order valence-corrected chi connectivity index (χ2v) is 10.8. The fourth-order valence-electron chi connectivity index (χ4n) is 4.93. The molecule has 0 bridgehead atoms. The smallest absolute Gasteiger partial charge is 0.281 e. The maximum atomic E-state index is 13.2. The van der Waals surface area contributed by atoms with E-state index in [1.54, 1.807) is 10.4 Å². The van der Waals surface area contributed by atoms with Crippen LogP contribution in [0.5, 0.6) is 0 Å². The lowest BCUT2D eigenvalue weighted by Crippen LogP contribution is -3.19. The molecule has 2 aliphatic heterocycles. The maximum absolute atomic E-state index is 13.2. The molecule has 2 heterocycles. The SMILES string of the molecule is Cc1ccc(S(=O)(=O)N2CC[NH+]([C@H](C)C(=O)N3[C@@H](C)CCC[C@@H]3C)CC2)c(C)c1. The Morgan fingerprint density at radius 1 is 1.10 bits per heavy atom. The van der Waals surface area contributed by atoms with Crippen LogP contribution in [-0.4, -0.2) is 67.8 Å². The topological polar surface area (TPSA) is 62.1 Å². The quantitative estimate of drug-likeness (QED) is 0.797. The summed E-state index contributed by atoms with van der Waals surface area (Å²) < 4.78 is 27.8. The van der Waals surface area contributed by atoms with Gasteiger partial charge in [-0.15, -0.1) is 0 Å². The molecule has 0 aromatic heterocycles. The van der Waals surface area contributed by atoms with Gasteiger partial charge in [-0.05, 0) is 65.5 Å². The normalized spacial score (nSPS) is 25.8. The fourth-order valence-corrected chi connectivity index (χ4v) is 6.58. The van der Waals surface area contributed by atoms with E-state index in [-0.39, 0.29) is 11.9 Å². The summed E-state index contributed by atoms with van der Waals surface area (Å²) in [6.07, 6.45) is 3.32. The Labute approximate surface area is 175 Å². The lowest BCUT2D eigenvalue weighted by Gasteiger charge is -2.42. The van der Waals surface area contributed by atoms with Gasteiger partial charge >= 0.3 is 0 Å². The highest BCUT2D eigenvalue weighted by molar-refractivity contribution is 7.89. The van der Waals surface area contributed by atoms with Crippen molar-refractivity contribution in [2.24, 2.45) is 0 Å². The molecule has 0 radical (unpaired) electrons. The van der Waals surface area contributed by atoms with Crippen LogP contribution >= 0.6 is 0 Å². The van der Waals surface area contributed by atoms with Gasteiger partial charge in [-0.3, -0.25) is 4.79 Å². The van der Waals surface area contributed by atoms with Crippen LogP contribution in [0, 0.1) is 13.8 Å². The Morgan fingerprint density at radius 3 is 2.24 bits per heavy atom. The van der Waals surface area contributed by atoms with E-state index in [1.807, 2.05) is 32.9 Å². The molecule has 2 fully saturated rings. The van der Waals surface area contributed by atoms with E-state index in [0.717, 1.165) is 24.0 Å². The van der Waals surface area contributed by atoms with E-state index in [0.29, 0.717) is 43.2 Å². The first-order valence-electron chi connectivity index (χ1n) is 10.9. The van der Waals surface area contributed by atoms with Crippen molar-refractivity contribution in [1.29, 1.82) is 0 Å². The first kappa shape index (κ1) is 22.2. The van der Waals surface area contributed by atoms with E-state index < -0.39 is 10.0 Å². The number of aryl methyl sites for hydroxylation is 2. The standard InChI is InChI=1S/C22H35N3O3S/c1-16-9-10-21(17(2)15-16)29(27,28)24-13-11-23(12-14-24)20(5)22(26)25-18(3)7-6-8-19(25)4/h9-10,15,18-20H,6-8,11-14H2,1-5H3/p+1/t18-,19-,20+/m0/s1. The maximum Gasteiger partial charge on any atom is 0.281 e. The summed E-state index contributed by atoms with van der Waals surface area (Å²) in [5.74, 6) is 0.213. The Hall–Kier alpha value is -1.44. The van der Waals surface area contributed by atoms with Crippen LogP contribution in [0.15, 0.2) is 23.1 Å². The van der Waals surface area contributed by atoms with Crippen molar-refractivity contribution in [3.8, 4) is 0 Å². The highest BCUT2D eigenvalue weighted by Crippen LogP contribution is 2.23. The van der Waals surface area contributed by atoms with Gasteiger partial charge in [-0.25, -0.2) is 8.42 Å². The molecule has 1 aromatic carbocycles. The van der Waals surface area contributed by atoms with Crippen molar-refractivity contribution < 1.29 is 18.1 Å². The number of quaternary nitrogens is 1. The minimum atomic E-state index is -3.49. The average molecular weight is 423 g/mol. The summed E-state index contributed by atoms with van der Waals surface area (Å²) in [6.45, 7) is 12.3. The van der Waals surface area contributed by atoms with Crippen molar-refractivity contribution in [3.63, 3.8) is 0 Å². The Bertz CT molecular complexity index is 837. The summed E-state index contributed by atoms with van der Waals surface area (Å²) >= 11 is 0. The zero-order valence-corrected chi connectivity index (χ0v) is 19.3. The van der Waals surface area contributed by atoms with Crippen molar-refractivity contribution in [3.05, 3.63) is 29.3 Å². The largest absolute Gasteiger partial charge is 0.332 e. The first-order chi connectivity index (χ1) is 13.6. The van der Waals surface area contributed by atoms with E-state index in [9.17, 15) is 13.2 Å². The number of nitrogens with zero attached hydrogens (tertiary/aromatic N) is 2. The number of hydrogen-bond donors (Lipinski definition) is 1. The molecule has 29 heavy (non-hydrogen) atoms. The van der Waals surface area contributed by atoms with E-state index in [4.69, 9.17) is 0 Å². The van der Waals surface area contributed by atoms with E-state index in [2.05, 4.69) is 18.7 Å².